The second kappa shape index (κ2) is 9.29. The van der Waals surface area contributed by atoms with Crippen LogP contribution in [0.2, 0.25) is 0 Å². The molecule has 1 saturated heterocycles. The minimum Gasteiger partial charge on any atom is -0.347 e. The van der Waals surface area contributed by atoms with Gasteiger partial charge >= 0.3 is 0 Å². The average Bonchev–Trinajstić information content (AvgIpc) is 3.46. The molecule has 1 aromatic carbocycles. The molecule has 0 saturated carbocycles. The van der Waals surface area contributed by atoms with E-state index in [9.17, 15) is 13.2 Å². The number of piperidine rings is 1. The predicted octanol–water partition coefficient (Wildman–Crippen LogP) is 2.61. The molecule has 2 unspecified atom stereocenters. The van der Waals surface area contributed by atoms with E-state index < -0.39 is 15.9 Å². The average molecular weight is 460 g/mol. The van der Waals surface area contributed by atoms with Gasteiger partial charge in [-0.05, 0) is 37.5 Å². The zero-order valence-corrected chi connectivity index (χ0v) is 18.8. The van der Waals surface area contributed by atoms with Crippen molar-refractivity contribution in [2.45, 2.75) is 36.6 Å². The summed E-state index contributed by atoms with van der Waals surface area (Å²) in [6.45, 7) is 2.95. The normalized spacial score (nSPS) is 18.5. The summed E-state index contributed by atoms with van der Waals surface area (Å²) in [5.74, 6) is -0.539. The van der Waals surface area contributed by atoms with Crippen molar-refractivity contribution in [3.8, 4) is 0 Å². The number of thiophene rings is 1. The molecule has 0 spiro atoms. The lowest BCUT2D eigenvalue weighted by Crippen LogP contribution is -2.46. The first-order valence-electron chi connectivity index (χ1n) is 10.2. The molecule has 1 aliphatic rings. The zero-order chi connectivity index (χ0) is 21.8. The molecule has 2 atom stereocenters. The van der Waals surface area contributed by atoms with Crippen LogP contribution in [0.5, 0.6) is 0 Å². The van der Waals surface area contributed by atoms with Gasteiger partial charge in [-0.3, -0.25) is 9.48 Å². The fourth-order valence-electron chi connectivity index (χ4n) is 3.78. The monoisotopic (exact) mass is 459 g/mol. The van der Waals surface area contributed by atoms with E-state index in [1.165, 1.54) is 22.0 Å². The molecule has 8 nitrogen and oxygen atoms in total. The molecule has 31 heavy (non-hydrogen) atoms. The summed E-state index contributed by atoms with van der Waals surface area (Å²) in [7, 11) is -3.58. The number of carbonyl (C=O) groups excluding carboxylic acids is 1. The second-order valence-electron chi connectivity index (χ2n) is 7.66. The van der Waals surface area contributed by atoms with Crippen LogP contribution in [0.1, 0.15) is 29.3 Å². The van der Waals surface area contributed by atoms with E-state index in [4.69, 9.17) is 0 Å². The van der Waals surface area contributed by atoms with E-state index in [0.717, 1.165) is 10.4 Å². The van der Waals surface area contributed by atoms with E-state index in [1.54, 1.807) is 23.1 Å². The molecule has 0 aliphatic carbocycles. The first-order valence-corrected chi connectivity index (χ1v) is 12.4. The first-order chi connectivity index (χ1) is 14.9. The molecule has 4 rings (SSSR count). The van der Waals surface area contributed by atoms with Crippen molar-refractivity contribution < 1.29 is 13.2 Å². The van der Waals surface area contributed by atoms with Gasteiger partial charge in [0.05, 0.1) is 18.5 Å². The maximum atomic E-state index is 13.1. The van der Waals surface area contributed by atoms with Crippen LogP contribution < -0.4 is 5.32 Å². The molecule has 1 aliphatic heterocycles. The zero-order valence-electron chi connectivity index (χ0n) is 17.2. The summed E-state index contributed by atoms with van der Waals surface area (Å²) in [4.78, 5) is 18.1. The molecule has 0 bridgehead atoms. The topological polar surface area (TPSA) is 97.2 Å². The molecule has 3 heterocycles. The summed E-state index contributed by atoms with van der Waals surface area (Å²) < 4.78 is 29.5. The van der Waals surface area contributed by atoms with Crippen molar-refractivity contribution in [3.63, 3.8) is 0 Å². The SMILES string of the molecule is Cc1ccc(S(=O)(=O)N2CCCC(C(=O)NC(Cn3cncn3)c3ccccc3)C2)s1. The largest absolute Gasteiger partial charge is 0.347 e. The molecule has 1 amide bonds. The Hall–Kier alpha value is -2.56. The Labute approximate surface area is 186 Å². The van der Waals surface area contributed by atoms with Crippen molar-refractivity contribution >= 4 is 27.3 Å². The Morgan fingerprint density at radius 2 is 2.06 bits per heavy atom. The molecular formula is C21H25N5O3S2. The van der Waals surface area contributed by atoms with Gasteiger partial charge in [0.15, 0.2) is 0 Å². The van der Waals surface area contributed by atoms with Crippen LogP contribution >= 0.6 is 11.3 Å². The summed E-state index contributed by atoms with van der Waals surface area (Å²) in [5, 5.41) is 7.26. The highest BCUT2D eigenvalue weighted by molar-refractivity contribution is 7.91. The van der Waals surface area contributed by atoms with Crippen molar-refractivity contribution in [3.05, 3.63) is 65.6 Å². The first kappa shape index (κ1) is 21.7. The van der Waals surface area contributed by atoms with Crippen molar-refractivity contribution in [1.29, 1.82) is 0 Å². The third-order valence-corrected chi connectivity index (χ3v) is 8.75. The number of aromatic nitrogens is 3. The Morgan fingerprint density at radius 1 is 1.26 bits per heavy atom. The van der Waals surface area contributed by atoms with Gasteiger partial charge < -0.3 is 5.32 Å². The van der Waals surface area contributed by atoms with Crippen LogP contribution in [0.15, 0.2) is 59.3 Å². The smallest absolute Gasteiger partial charge is 0.252 e. The number of sulfonamides is 1. The molecule has 1 fully saturated rings. The Morgan fingerprint density at radius 3 is 2.74 bits per heavy atom. The summed E-state index contributed by atoms with van der Waals surface area (Å²) in [5.41, 5.74) is 0.959. The standard InChI is InChI=1S/C21H25N5O3S2/c1-16-9-10-20(30-16)31(28,29)26-11-5-8-18(12-26)21(27)24-19(13-25-15-22-14-23-25)17-6-3-2-4-7-17/h2-4,6-7,9-10,14-15,18-19H,5,8,11-13H2,1H3,(H,24,27). The number of hydrogen-bond donors (Lipinski definition) is 1. The Bertz CT molecular complexity index is 1110. The van der Waals surface area contributed by atoms with Crippen LogP contribution in [0.4, 0.5) is 0 Å². The highest BCUT2D eigenvalue weighted by Crippen LogP contribution is 2.28. The third kappa shape index (κ3) is 5.03. The number of rotatable bonds is 7. The number of hydrogen-bond acceptors (Lipinski definition) is 6. The van der Waals surface area contributed by atoms with Gasteiger partial charge in [0.1, 0.15) is 16.9 Å². The van der Waals surface area contributed by atoms with Crippen molar-refractivity contribution in [2.24, 2.45) is 5.92 Å². The fourth-order valence-corrected chi connectivity index (χ4v) is 6.74. The van der Waals surface area contributed by atoms with Gasteiger partial charge in [0.25, 0.3) is 10.0 Å². The molecule has 10 heteroatoms. The summed E-state index contributed by atoms with van der Waals surface area (Å²) in [6.07, 6.45) is 4.38. The highest BCUT2D eigenvalue weighted by Gasteiger charge is 2.34. The number of nitrogens with zero attached hydrogens (tertiary/aromatic N) is 4. The van der Waals surface area contributed by atoms with E-state index in [2.05, 4.69) is 15.4 Å². The highest BCUT2D eigenvalue weighted by atomic mass is 32.2. The molecule has 0 radical (unpaired) electrons. The summed E-state index contributed by atoms with van der Waals surface area (Å²) >= 11 is 1.26. The number of nitrogens with one attached hydrogen (secondary N) is 1. The van der Waals surface area contributed by atoms with E-state index in [-0.39, 0.29) is 18.5 Å². The third-order valence-electron chi connectivity index (χ3n) is 5.42. The number of benzene rings is 1. The van der Waals surface area contributed by atoms with Gasteiger partial charge in [-0.2, -0.15) is 9.40 Å². The molecule has 1 N–H and O–H groups in total. The van der Waals surface area contributed by atoms with E-state index in [1.807, 2.05) is 37.3 Å². The molecule has 164 valence electrons. The van der Waals surface area contributed by atoms with Crippen LogP contribution in [-0.2, 0) is 21.4 Å². The predicted molar refractivity (Wildman–Crippen MR) is 118 cm³/mol. The minimum atomic E-state index is -3.58. The van der Waals surface area contributed by atoms with Crippen LogP contribution in [0.3, 0.4) is 0 Å². The van der Waals surface area contributed by atoms with Gasteiger partial charge in [0, 0.05) is 18.0 Å². The molecule has 3 aromatic rings. The Balaban J connectivity index is 1.48. The van der Waals surface area contributed by atoms with Gasteiger partial charge in [-0.1, -0.05) is 30.3 Å². The van der Waals surface area contributed by atoms with Crippen LogP contribution in [-0.4, -0.2) is 46.5 Å². The lowest BCUT2D eigenvalue weighted by molar-refractivity contribution is -0.127. The van der Waals surface area contributed by atoms with E-state index in [0.29, 0.717) is 30.1 Å². The van der Waals surface area contributed by atoms with Gasteiger partial charge in [0.2, 0.25) is 5.91 Å². The number of amides is 1. The molecular weight excluding hydrogens is 434 g/mol. The molecule has 2 aromatic heterocycles. The number of aryl methyl sites for hydroxylation is 1. The minimum absolute atomic E-state index is 0.142. The van der Waals surface area contributed by atoms with Crippen LogP contribution in [0, 0.1) is 12.8 Å². The maximum absolute atomic E-state index is 13.1. The van der Waals surface area contributed by atoms with E-state index >= 15 is 0 Å². The number of carbonyl (C=O) groups is 1. The lowest BCUT2D eigenvalue weighted by atomic mass is 9.97. The quantitative estimate of drug-likeness (QED) is 0.586. The summed E-state index contributed by atoms with van der Waals surface area (Å²) in [6, 6.07) is 12.8. The van der Waals surface area contributed by atoms with Gasteiger partial charge in [-0.25, -0.2) is 13.4 Å². The second-order valence-corrected chi connectivity index (χ2v) is 11.1. The lowest BCUT2D eigenvalue weighted by Gasteiger charge is -2.32. The maximum Gasteiger partial charge on any atom is 0.252 e. The van der Waals surface area contributed by atoms with Crippen molar-refractivity contribution in [2.75, 3.05) is 13.1 Å². The van der Waals surface area contributed by atoms with Crippen molar-refractivity contribution in [1.82, 2.24) is 24.4 Å². The fraction of sp³-hybridized carbons (Fsp3) is 0.381. The van der Waals surface area contributed by atoms with Gasteiger partial charge in [-0.15, -0.1) is 11.3 Å². The Kier molecular flexibility index (Phi) is 6.49. The van der Waals surface area contributed by atoms with Crippen LogP contribution in [0.25, 0.3) is 0 Å².